The van der Waals surface area contributed by atoms with Gasteiger partial charge in [-0.05, 0) is 25.5 Å². The zero-order chi connectivity index (χ0) is 18.9. The van der Waals surface area contributed by atoms with Gasteiger partial charge in [0.25, 0.3) is 5.91 Å². The Kier molecular flexibility index (Phi) is 4.73. The Morgan fingerprint density at radius 2 is 1.88 bits per heavy atom. The lowest BCUT2D eigenvalue weighted by Crippen LogP contribution is -2.20. The molecular formula is C15H12F4N4O2. The fourth-order valence-corrected chi connectivity index (χ4v) is 2.04. The van der Waals surface area contributed by atoms with Gasteiger partial charge in [-0.25, -0.2) is 14.4 Å². The van der Waals surface area contributed by atoms with Gasteiger partial charge in [0.15, 0.2) is 17.4 Å². The second kappa shape index (κ2) is 6.46. The van der Waals surface area contributed by atoms with Crippen LogP contribution >= 0.6 is 0 Å². The second-order valence-electron chi connectivity index (χ2n) is 5.12. The molecule has 0 aliphatic rings. The Labute approximate surface area is 139 Å². The van der Waals surface area contributed by atoms with Crippen LogP contribution in [0.2, 0.25) is 0 Å². The molecule has 0 saturated carbocycles. The van der Waals surface area contributed by atoms with Crippen LogP contribution in [0.3, 0.4) is 0 Å². The van der Waals surface area contributed by atoms with Crippen molar-refractivity contribution in [1.82, 2.24) is 9.97 Å². The third kappa shape index (κ3) is 3.73. The fraction of sp³-hybridized carbons (Fsp3) is 0.200. The average molecular weight is 356 g/mol. The number of anilines is 2. The lowest BCUT2D eigenvalue weighted by atomic mass is 10.1. The summed E-state index contributed by atoms with van der Waals surface area (Å²) >= 11 is 0. The van der Waals surface area contributed by atoms with E-state index >= 15 is 0 Å². The summed E-state index contributed by atoms with van der Waals surface area (Å²) in [5, 5.41) is 2.15. The standard InChI is InChI=1S/C15H12F4N4O2/c1-6-3-4-9(15(17,18)19)23-12(6)14(25)22-8-5-21-13(20)11(16)10(8)7(2)24/h3-5H,1-2H3,(H2,20,21)(H,22,25). The highest BCUT2D eigenvalue weighted by Crippen LogP contribution is 2.28. The van der Waals surface area contributed by atoms with Crippen LogP contribution in [-0.2, 0) is 6.18 Å². The van der Waals surface area contributed by atoms with Crippen molar-refractivity contribution in [3.8, 4) is 0 Å². The summed E-state index contributed by atoms with van der Waals surface area (Å²) in [6.45, 7) is 2.43. The Bertz CT molecular complexity index is 865. The molecule has 0 radical (unpaired) electrons. The molecule has 0 aromatic carbocycles. The number of nitrogens with zero attached hydrogens (tertiary/aromatic N) is 2. The summed E-state index contributed by atoms with van der Waals surface area (Å²) in [5.41, 5.74) is 2.83. The molecule has 0 atom stereocenters. The number of rotatable bonds is 3. The predicted molar refractivity (Wildman–Crippen MR) is 80.5 cm³/mol. The number of nitrogen functional groups attached to an aromatic ring is 1. The maximum atomic E-state index is 13.9. The Morgan fingerprint density at radius 3 is 2.44 bits per heavy atom. The lowest BCUT2D eigenvalue weighted by molar-refractivity contribution is -0.141. The van der Waals surface area contributed by atoms with E-state index < -0.39 is 46.5 Å². The van der Waals surface area contributed by atoms with E-state index in [9.17, 15) is 27.2 Å². The summed E-state index contributed by atoms with van der Waals surface area (Å²) in [7, 11) is 0. The van der Waals surface area contributed by atoms with Crippen LogP contribution in [0.1, 0.15) is 39.0 Å². The number of aryl methyl sites for hydroxylation is 1. The first-order valence-corrected chi connectivity index (χ1v) is 6.83. The number of Topliss-reactive ketones (excluding diaryl/α,β-unsaturated/α-hetero) is 1. The van der Waals surface area contributed by atoms with Gasteiger partial charge in [0.1, 0.15) is 11.4 Å². The van der Waals surface area contributed by atoms with Gasteiger partial charge >= 0.3 is 6.18 Å². The molecule has 0 unspecified atom stereocenters. The van der Waals surface area contributed by atoms with E-state index in [0.29, 0.717) is 0 Å². The molecule has 1 amide bonds. The summed E-state index contributed by atoms with van der Waals surface area (Å²) in [4.78, 5) is 30.6. The van der Waals surface area contributed by atoms with Crippen LogP contribution in [0.4, 0.5) is 29.1 Å². The number of carbonyl (C=O) groups is 2. The molecule has 0 saturated heterocycles. The highest BCUT2D eigenvalue weighted by atomic mass is 19.4. The molecule has 6 nitrogen and oxygen atoms in total. The van der Waals surface area contributed by atoms with E-state index in [1.807, 2.05) is 0 Å². The van der Waals surface area contributed by atoms with Crippen molar-refractivity contribution in [2.24, 2.45) is 0 Å². The number of alkyl halides is 3. The molecule has 0 fully saturated rings. The van der Waals surface area contributed by atoms with Crippen molar-refractivity contribution in [3.05, 3.63) is 46.7 Å². The third-order valence-corrected chi connectivity index (χ3v) is 3.25. The summed E-state index contributed by atoms with van der Waals surface area (Å²) in [5.74, 6) is -3.46. The molecule has 2 rings (SSSR count). The molecule has 132 valence electrons. The molecule has 25 heavy (non-hydrogen) atoms. The first kappa shape index (κ1) is 18.3. The molecule has 3 N–H and O–H groups in total. The van der Waals surface area contributed by atoms with Crippen LogP contribution in [0.15, 0.2) is 18.3 Å². The number of nitrogens with one attached hydrogen (secondary N) is 1. The summed E-state index contributed by atoms with van der Waals surface area (Å²) in [6.07, 6.45) is -3.79. The monoisotopic (exact) mass is 356 g/mol. The lowest BCUT2D eigenvalue weighted by Gasteiger charge is -2.13. The number of hydrogen-bond acceptors (Lipinski definition) is 5. The molecule has 0 spiro atoms. The molecule has 10 heteroatoms. The van der Waals surface area contributed by atoms with Gasteiger partial charge in [0, 0.05) is 0 Å². The van der Waals surface area contributed by atoms with Gasteiger partial charge in [0.05, 0.1) is 17.4 Å². The van der Waals surface area contributed by atoms with E-state index in [2.05, 4.69) is 15.3 Å². The number of carbonyl (C=O) groups excluding carboxylic acids is 2. The van der Waals surface area contributed by atoms with Crippen molar-refractivity contribution in [2.45, 2.75) is 20.0 Å². The minimum Gasteiger partial charge on any atom is -0.381 e. The number of aromatic nitrogens is 2. The molecule has 0 aliphatic carbocycles. The van der Waals surface area contributed by atoms with Crippen LogP contribution < -0.4 is 11.1 Å². The largest absolute Gasteiger partial charge is 0.433 e. The first-order valence-electron chi connectivity index (χ1n) is 6.83. The number of pyridine rings is 2. The van der Waals surface area contributed by atoms with E-state index in [0.717, 1.165) is 25.3 Å². The van der Waals surface area contributed by atoms with Crippen LogP contribution in [-0.4, -0.2) is 21.7 Å². The molecule has 2 aromatic heterocycles. The molecule has 0 bridgehead atoms. The minimum absolute atomic E-state index is 0.166. The maximum Gasteiger partial charge on any atom is 0.433 e. The van der Waals surface area contributed by atoms with E-state index in [4.69, 9.17) is 5.73 Å². The quantitative estimate of drug-likeness (QED) is 0.651. The summed E-state index contributed by atoms with van der Waals surface area (Å²) in [6, 6.07) is 1.82. The Balaban J connectivity index is 2.45. The van der Waals surface area contributed by atoms with Crippen molar-refractivity contribution in [1.29, 1.82) is 0 Å². The molecule has 2 aromatic rings. The van der Waals surface area contributed by atoms with Gasteiger partial charge < -0.3 is 11.1 Å². The smallest absolute Gasteiger partial charge is 0.381 e. The zero-order valence-corrected chi connectivity index (χ0v) is 13.0. The first-order chi connectivity index (χ1) is 11.5. The van der Waals surface area contributed by atoms with Crippen molar-refractivity contribution in [2.75, 3.05) is 11.1 Å². The topological polar surface area (TPSA) is 98.0 Å². The number of halogens is 4. The van der Waals surface area contributed by atoms with Crippen molar-refractivity contribution in [3.63, 3.8) is 0 Å². The highest BCUT2D eigenvalue weighted by molar-refractivity contribution is 6.09. The van der Waals surface area contributed by atoms with Crippen molar-refractivity contribution < 1.29 is 27.2 Å². The fourth-order valence-electron chi connectivity index (χ4n) is 2.04. The van der Waals surface area contributed by atoms with Gasteiger partial charge in [-0.3, -0.25) is 9.59 Å². The highest BCUT2D eigenvalue weighted by Gasteiger charge is 2.33. The predicted octanol–water partition coefficient (Wildman–Crippen LogP) is 2.98. The average Bonchev–Trinajstić information content (AvgIpc) is 2.49. The van der Waals surface area contributed by atoms with E-state index in [-0.39, 0.29) is 11.3 Å². The molecule has 0 aliphatic heterocycles. The zero-order valence-electron chi connectivity index (χ0n) is 13.0. The van der Waals surface area contributed by atoms with Crippen LogP contribution in [0, 0.1) is 12.7 Å². The Morgan fingerprint density at radius 1 is 1.24 bits per heavy atom. The third-order valence-electron chi connectivity index (χ3n) is 3.25. The number of amides is 1. The molecule has 2 heterocycles. The number of hydrogen-bond donors (Lipinski definition) is 2. The minimum atomic E-state index is -4.73. The van der Waals surface area contributed by atoms with Gasteiger partial charge in [-0.2, -0.15) is 13.2 Å². The van der Waals surface area contributed by atoms with Crippen LogP contribution in [0.5, 0.6) is 0 Å². The van der Waals surface area contributed by atoms with Gasteiger partial charge in [-0.15, -0.1) is 0 Å². The number of nitrogens with two attached hydrogens (primary N) is 1. The van der Waals surface area contributed by atoms with E-state index in [1.165, 1.54) is 6.92 Å². The normalized spacial score (nSPS) is 11.3. The number of ketones is 1. The SMILES string of the molecule is CC(=O)c1c(NC(=O)c2nc(C(F)(F)F)ccc2C)cnc(N)c1F. The van der Waals surface area contributed by atoms with Crippen molar-refractivity contribution >= 4 is 23.2 Å². The van der Waals surface area contributed by atoms with Gasteiger partial charge in [-0.1, -0.05) is 6.07 Å². The Hall–Kier alpha value is -3.04. The van der Waals surface area contributed by atoms with Gasteiger partial charge in [0.2, 0.25) is 0 Å². The second-order valence-corrected chi connectivity index (χ2v) is 5.12. The van der Waals surface area contributed by atoms with E-state index in [1.54, 1.807) is 0 Å². The molecular weight excluding hydrogens is 344 g/mol. The maximum absolute atomic E-state index is 13.9. The van der Waals surface area contributed by atoms with Crippen LogP contribution in [0.25, 0.3) is 0 Å². The summed E-state index contributed by atoms with van der Waals surface area (Å²) < 4.78 is 52.2.